The number of rotatable bonds is 1. The van der Waals surface area contributed by atoms with Crippen molar-refractivity contribution in [2.45, 2.75) is 50.6 Å². The van der Waals surface area contributed by atoms with E-state index in [2.05, 4.69) is 42.7 Å². The molecule has 3 heteroatoms. The molecule has 82 valence electrons. The van der Waals surface area contributed by atoms with E-state index in [1.54, 1.807) is 0 Å². The summed E-state index contributed by atoms with van der Waals surface area (Å²) in [7, 11) is 0. The molecule has 2 aliphatic rings. The van der Waals surface area contributed by atoms with Gasteiger partial charge in [0.15, 0.2) is 0 Å². The predicted molar refractivity (Wildman–Crippen MR) is 63.7 cm³/mol. The third-order valence-corrected chi connectivity index (χ3v) is 4.87. The normalized spacial score (nSPS) is 39.9. The molecule has 2 heterocycles. The number of likely N-dealkylation sites (tertiary alicyclic amines) is 1. The third-order valence-electron chi connectivity index (χ3n) is 3.43. The van der Waals surface area contributed by atoms with Crippen molar-refractivity contribution in [1.82, 2.24) is 10.2 Å². The molecule has 0 aromatic heterocycles. The zero-order valence-electron chi connectivity index (χ0n) is 9.55. The fourth-order valence-corrected chi connectivity index (χ4v) is 4.12. The minimum atomic E-state index is 0.391. The first-order valence-electron chi connectivity index (χ1n) is 5.77. The van der Waals surface area contributed by atoms with Crippen LogP contribution < -0.4 is 5.32 Å². The summed E-state index contributed by atoms with van der Waals surface area (Å²) in [6, 6.07) is 1.41. The van der Waals surface area contributed by atoms with Crippen LogP contribution in [-0.4, -0.2) is 40.7 Å². The number of nitrogens with zero attached hydrogens (tertiary/aromatic N) is 1. The van der Waals surface area contributed by atoms with Crippen LogP contribution in [0.15, 0.2) is 0 Å². The quantitative estimate of drug-likeness (QED) is 0.718. The van der Waals surface area contributed by atoms with Crippen molar-refractivity contribution >= 4 is 11.8 Å². The molecule has 2 aliphatic heterocycles. The van der Waals surface area contributed by atoms with Crippen molar-refractivity contribution < 1.29 is 0 Å². The molecule has 0 radical (unpaired) electrons. The average molecular weight is 214 g/mol. The topological polar surface area (TPSA) is 15.3 Å². The zero-order chi connectivity index (χ0) is 10.2. The number of thioether (sulfide) groups is 1. The first-order valence-corrected chi connectivity index (χ1v) is 6.76. The molecule has 2 rings (SSSR count). The third kappa shape index (κ3) is 2.10. The Morgan fingerprint density at radius 1 is 1.50 bits per heavy atom. The van der Waals surface area contributed by atoms with Gasteiger partial charge in [-0.2, -0.15) is 0 Å². The monoisotopic (exact) mass is 214 g/mol. The summed E-state index contributed by atoms with van der Waals surface area (Å²) in [6.07, 6.45) is 2.65. The fourth-order valence-electron chi connectivity index (χ4n) is 2.48. The van der Waals surface area contributed by atoms with Gasteiger partial charge < -0.3 is 0 Å². The molecule has 0 aromatic rings. The van der Waals surface area contributed by atoms with E-state index in [1.807, 2.05) is 0 Å². The highest BCUT2D eigenvalue weighted by Gasteiger charge is 2.41. The molecule has 1 spiro atoms. The summed E-state index contributed by atoms with van der Waals surface area (Å²) in [6.45, 7) is 9.43. The molecule has 0 bridgehead atoms. The van der Waals surface area contributed by atoms with Gasteiger partial charge in [0.1, 0.15) is 0 Å². The van der Waals surface area contributed by atoms with Crippen molar-refractivity contribution in [3.8, 4) is 0 Å². The Morgan fingerprint density at radius 3 is 2.86 bits per heavy atom. The van der Waals surface area contributed by atoms with Crippen molar-refractivity contribution in [1.29, 1.82) is 0 Å². The molecular formula is C11H22N2S. The highest BCUT2D eigenvalue weighted by Crippen LogP contribution is 2.37. The van der Waals surface area contributed by atoms with Crippen molar-refractivity contribution in [3.63, 3.8) is 0 Å². The van der Waals surface area contributed by atoms with Crippen LogP contribution in [0.4, 0.5) is 0 Å². The van der Waals surface area contributed by atoms with E-state index in [1.165, 1.54) is 31.7 Å². The van der Waals surface area contributed by atoms with E-state index < -0.39 is 0 Å². The SMILES string of the molecule is CC1CCSC2(CCN(C(C)C)C2)N1. The zero-order valence-corrected chi connectivity index (χ0v) is 10.4. The Balaban J connectivity index is 1.97. The Labute approximate surface area is 91.8 Å². The Bertz CT molecular complexity index is 207. The van der Waals surface area contributed by atoms with Gasteiger partial charge in [-0.25, -0.2) is 0 Å². The van der Waals surface area contributed by atoms with Gasteiger partial charge in [0.2, 0.25) is 0 Å². The van der Waals surface area contributed by atoms with Gasteiger partial charge in [-0.1, -0.05) is 0 Å². The highest BCUT2D eigenvalue weighted by atomic mass is 32.2. The van der Waals surface area contributed by atoms with E-state index >= 15 is 0 Å². The van der Waals surface area contributed by atoms with Crippen LogP contribution in [0.25, 0.3) is 0 Å². The molecule has 14 heavy (non-hydrogen) atoms. The average Bonchev–Trinajstić information content (AvgIpc) is 2.49. The van der Waals surface area contributed by atoms with Gasteiger partial charge in [-0.15, -0.1) is 11.8 Å². The standard InChI is InChI=1S/C11H22N2S/c1-9(2)13-6-5-11(8-13)12-10(3)4-7-14-11/h9-10,12H,4-8H2,1-3H3. The van der Waals surface area contributed by atoms with Gasteiger partial charge in [0, 0.05) is 25.2 Å². The van der Waals surface area contributed by atoms with E-state index in [9.17, 15) is 0 Å². The van der Waals surface area contributed by atoms with Crippen LogP contribution in [0.2, 0.25) is 0 Å². The van der Waals surface area contributed by atoms with Crippen LogP contribution in [0.5, 0.6) is 0 Å². The lowest BCUT2D eigenvalue weighted by molar-refractivity contribution is 0.258. The van der Waals surface area contributed by atoms with Crippen molar-refractivity contribution in [3.05, 3.63) is 0 Å². The molecule has 0 aliphatic carbocycles. The molecule has 2 fully saturated rings. The Hall–Kier alpha value is 0.270. The first kappa shape index (κ1) is 10.8. The molecule has 2 nitrogen and oxygen atoms in total. The van der Waals surface area contributed by atoms with Gasteiger partial charge in [-0.05, 0) is 39.4 Å². The Morgan fingerprint density at radius 2 is 2.29 bits per heavy atom. The lowest BCUT2D eigenvalue weighted by atomic mass is 10.1. The maximum absolute atomic E-state index is 3.80. The lowest BCUT2D eigenvalue weighted by Gasteiger charge is -2.38. The molecular weight excluding hydrogens is 192 g/mol. The van der Waals surface area contributed by atoms with E-state index in [0.29, 0.717) is 17.0 Å². The maximum Gasteiger partial charge on any atom is 0.0788 e. The molecule has 0 amide bonds. The molecule has 1 N–H and O–H groups in total. The Kier molecular flexibility index (Phi) is 3.10. The van der Waals surface area contributed by atoms with Gasteiger partial charge in [-0.3, -0.25) is 10.2 Å². The summed E-state index contributed by atoms with van der Waals surface area (Å²) in [5.74, 6) is 1.33. The lowest BCUT2D eigenvalue weighted by Crippen LogP contribution is -2.52. The van der Waals surface area contributed by atoms with Crippen LogP contribution in [0.3, 0.4) is 0 Å². The second-order valence-corrected chi connectivity index (χ2v) is 6.47. The molecule has 2 atom stereocenters. The van der Waals surface area contributed by atoms with E-state index in [4.69, 9.17) is 0 Å². The maximum atomic E-state index is 3.80. The van der Waals surface area contributed by atoms with Crippen LogP contribution >= 0.6 is 11.8 Å². The van der Waals surface area contributed by atoms with Crippen LogP contribution in [0, 0.1) is 0 Å². The predicted octanol–water partition coefficient (Wildman–Crippen LogP) is 1.91. The molecule has 2 saturated heterocycles. The second-order valence-electron chi connectivity index (χ2n) is 4.99. The fraction of sp³-hybridized carbons (Fsp3) is 1.00. The summed E-state index contributed by atoms with van der Waals surface area (Å²) >= 11 is 2.15. The summed E-state index contributed by atoms with van der Waals surface area (Å²) in [4.78, 5) is 2.99. The minimum Gasteiger partial charge on any atom is -0.299 e. The molecule has 2 unspecified atom stereocenters. The summed E-state index contributed by atoms with van der Waals surface area (Å²) < 4.78 is 0. The van der Waals surface area contributed by atoms with Crippen LogP contribution in [0.1, 0.15) is 33.6 Å². The van der Waals surface area contributed by atoms with Crippen molar-refractivity contribution in [2.24, 2.45) is 0 Å². The van der Waals surface area contributed by atoms with E-state index in [-0.39, 0.29) is 0 Å². The summed E-state index contributed by atoms with van der Waals surface area (Å²) in [5.41, 5.74) is 0. The number of nitrogens with one attached hydrogen (secondary N) is 1. The summed E-state index contributed by atoms with van der Waals surface area (Å²) in [5, 5.41) is 3.80. The van der Waals surface area contributed by atoms with Crippen LogP contribution in [-0.2, 0) is 0 Å². The van der Waals surface area contributed by atoms with Gasteiger partial charge >= 0.3 is 0 Å². The van der Waals surface area contributed by atoms with Gasteiger partial charge in [0.05, 0.1) is 4.87 Å². The first-order chi connectivity index (χ1) is 6.61. The number of hydrogen-bond acceptors (Lipinski definition) is 3. The second kappa shape index (κ2) is 4.03. The van der Waals surface area contributed by atoms with Gasteiger partial charge in [0.25, 0.3) is 0 Å². The van der Waals surface area contributed by atoms with E-state index in [0.717, 1.165) is 0 Å². The van der Waals surface area contributed by atoms with Crippen molar-refractivity contribution in [2.75, 3.05) is 18.8 Å². The highest BCUT2D eigenvalue weighted by molar-refractivity contribution is 8.00. The minimum absolute atomic E-state index is 0.391. The molecule has 0 saturated carbocycles. The smallest absolute Gasteiger partial charge is 0.0788 e. The molecule has 0 aromatic carbocycles. The largest absolute Gasteiger partial charge is 0.299 e. The number of hydrogen-bond donors (Lipinski definition) is 1.